The molecule has 3 unspecified atom stereocenters. The largest absolute Gasteiger partial charge is 0.196 e. The average Bonchev–Trinajstić information content (AvgIpc) is 3.13. The zero-order chi connectivity index (χ0) is 13.9. The first-order valence-corrected chi connectivity index (χ1v) is 7.88. The van der Waals surface area contributed by atoms with E-state index in [1.165, 1.54) is 25.7 Å². The van der Waals surface area contributed by atoms with Gasteiger partial charge in [0.2, 0.25) is 0 Å². The summed E-state index contributed by atoms with van der Waals surface area (Å²) in [6, 6.07) is 0. The second kappa shape index (κ2) is 4.42. The number of aryl methyl sites for hydroxylation is 1. The quantitative estimate of drug-likeness (QED) is 0.851. The van der Waals surface area contributed by atoms with Crippen molar-refractivity contribution in [3.63, 3.8) is 0 Å². The molecule has 3 atom stereocenters. The van der Waals surface area contributed by atoms with Gasteiger partial charge < -0.3 is 0 Å². The van der Waals surface area contributed by atoms with Crippen LogP contribution in [0.1, 0.15) is 42.6 Å². The van der Waals surface area contributed by atoms with Gasteiger partial charge in [-0.1, -0.05) is 18.0 Å². The maximum absolute atomic E-state index is 6.21. The Labute approximate surface area is 123 Å². The average molecular weight is 291 g/mol. The summed E-state index contributed by atoms with van der Waals surface area (Å²) in [5.74, 6) is 3.60. The van der Waals surface area contributed by atoms with E-state index in [0.29, 0.717) is 5.15 Å². The third-order valence-corrected chi connectivity index (χ3v) is 5.79. The molecule has 0 saturated heterocycles. The molecule has 5 heteroatoms. The highest BCUT2D eigenvalue weighted by Gasteiger charge is 2.39. The molecule has 0 spiro atoms. The summed E-state index contributed by atoms with van der Waals surface area (Å²) in [5, 5.41) is 13.7. The molecule has 0 amide bonds. The Balaban J connectivity index is 1.70. The highest BCUT2D eigenvalue weighted by molar-refractivity contribution is 6.30. The van der Waals surface area contributed by atoms with Crippen LogP contribution in [0.15, 0.2) is 0 Å². The molecule has 0 radical (unpaired) electrons. The molecular weight excluding hydrogens is 272 g/mol. The summed E-state index contributed by atoms with van der Waals surface area (Å²) in [6.07, 6.45) is 6.61. The molecule has 0 aliphatic heterocycles. The first kappa shape index (κ1) is 12.6. The lowest BCUT2D eigenvalue weighted by Crippen LogP contribution is -2.15. The fourth-order valence-corrected chi connectivity index (χ4v) is 4.34. The minimum atomic E-state index is 0.559. The van der Waals surface area contributed by atoms with Gasteiger partial charge in [0.15, 0.2) is 16.6 Å². The Kier molecular flexibility index (Phi) is 2.78. The van der Waals surface area contributed by atoms with Gasteiger partial charge in [-0.3, -0.25) is 0 Å². The molecule has 0 aromatic carbocycles. The Morgan fingerprint density at radius 3 is 2.70 bits per heavy atom. The minimum Gasteiger partial charge on any atom is -0.196 e. The molecule has 2 fully saturated rings. The second-order valence-electron chi connectivity index (χ2n) is 6.53. The van der Waals surface area contributed by atoms with E-state index < -0.39 is 0 Å². The monoisotopic (exact) mass is 290 g/mol. The molecular formula is C15H19ClN4. The number of nitrogens with zero attached hydrogens (tertiary/aromatic N) is 4. The zero-order valence-electron chi connectivity index (χ0n) is 11.9. The van der Waals surface area contributed by atoms with Crippen molar-refractivity contribution in [3.8, 4) is 0 Å². The van der Waals surface area contributed by atoms with E-state index in [9.17, 15) is 0 Å². The van der Waals surface area contributed by atoms with Crippen LogP contribution in [0, 0.1) is 31.6 Å². The topological polar surface area (TPSA) is 43.1 Å². The maximum atomic E-state index is 6.21. The summed E-state index contributed by atoms with van der Waals surface area (Å²) in [5.41, 5.74) is 2.93. The normalized spacial score (nSPS) is 28.6. The summed E-state index contributed by atoms with van der Waals surface area (Å²) in [6.45, 7) is 4.02. The number of halogens is 1. The number of aromatic nitrogens is 4. The van der Waals surface area contributed by atoms with Crippen LogP contribution in [0.5, 0.6) is 0 Å². The molecule has 20 heavy (non-hydrogen) atoms. The lowest BCUT2D eigenvalue weighted by molar-refractivity contribution is 0.325. The summed E-state index contributed by atoms with van der Waals surface area (Å²) in [7, 11) is 0. The highest BCUT2D eigenvalue weighted by Crippen LogP contribution is 2.49. The van der Waals surface area contributed by atoms with E-state index in [0.717, 1.165) is 46.8 Å². The maximum Gasteiger partial charge on any atom is 0.181 e. The Morgan fingerprint density at radius 2 is 2.00 bits per heavy atom. The third kappa shape index (κ3) is 1.77. The summed E-state index contributed by atoms with van der Waals surface area (Å²) in [4.78, 5) is 0. The van der Waals surface area contributed by atoms with Crippen molar-refractivity contribution in [2.75, 3.05) is 0 Å². The lowest BCUT2D eigenvalue weighted by atomic mass is 9.86. The zero-order valence-corrected chi connectivity index (χ0v) is 12.7. The predicted octanol–water partition coefficient (Wildman–Crippen LogP) is 3.37. The second-order valence-corrected chi connectivity index (χ2v) is 6.89. The summed E-state index contributed by atoms with van der Waals surface area (Å²) < 4.78 is 1.86. The van der Waals surface area contributed by atoms with Gasteiger partial charge in [-0.2, -0.15) is 9.61 Å². The van der Waals surface area contributed by atoms with Crippen LogP contribution in [0.3, 0.4) is 0 Å². The molecule has 2 aliphatic rings. The van der Waals surface area contributed by atoms with Crippen LogP contribution in [-0.4, -0.2) is 19.8 Å². The number of rotatable bonds is 2. The minimum absolute atomic E-state index is 0.559. The molecule has 2 bridgehead atoms. The fourth-order valence-electron chi connectivity index (χ4n) is 4.12. The van der Waals surface area contributed by atoms with E-state index in [-0.39, 0.29) is 0 Å². The molecule has 0 N–H and O–H groups in total. The summed E-state index contributed by atoms with van der Waals surface area (Å²) >= 11 is 6.21. The lowest BCUT2D eigenvalue weighted by Gasteiger charge is -2.20. The van der Waals surface area contributed by atoms with Crippen molar-refractivity contribution < 1.29 is 0 Å². The molecule has 4 rings (SSSR count). The van der Waals surface area contributed by atoms with Crippen LogP contribution < -0.4 is 0 Å². The Hall–Kier alpha value is -1.16. The molecule has 106 valence electrons. The SMILES string of the molecule is Cc1c(Cl)nn2c(CC3CC4CCC3C4)nnc2c1C. The molecule has 2 aromatic rings. The molecule has 2 saturated carbocycles. The van der Waals surface area contributed by atoms with Gasteiger partial charge in [-0.25, -0.2) is 0 Å². The third-order valence-electron chi connectivity index (χ3n) is 5.43. The smallest absolute Gasteiger partial charge is 0.181 e. The van der Waals surface area contributed by atoms with Crippen LogP contribution >= 0.6 is 11.6 Å². The van der Waals surface area contributed by atoms with Crippen LogP contribution in [0.25, 0.3) is 5.65 Å². The molecule has 4 nitrogen and oxygen atoms in total. The highest BCUT2D eigenvalue weighted by atomic mass is 35.5. The van der Waals surface area contributed by atoms with Gasteiger partial charge in [0.1, 0.15) is 0 Å². The Bertz CT molecular complexity index is 678. The van der Waals surface area contributed by atoms with E-state index in [4.69, 9.17) is 11.6 Å². The van der Waals surface area contributed by atoms with Gasteiger partial charge in [-0.15, -0.1) is 10.2 Å². The number of hydrogen-bond acceptors (Lipinski definition) is 3. The van der Waals surface area contributed by atoms with E-state index >= 15 is 0 Å². The van der Waals surface area contributed by atoms with Gasteiger partial charge in [0.25, 0.3) is 0 Å². The van der Waals surface area contributed by atoms with Gasteiger partial charge in [0, 0.05) is 12.0 Å². The van der Waals surface area contributed by atoms with Crippen LogP contribution in [-0.2, 0) is 6.42 Å². The van der Waals surface area contributed by atoms with Gasteiger partial charge in [0.05, 0.1) is 0 Å². The first-order valence-electron chi connectivity index (χ1n) is 7.50. The molecule has 2 heterocycles. The molecule has 2 aromatic heterocycles. The predicted molar refractivity (Wildman–Crippen MR) is 77.9 cm³/mol. The van der Waals surface area contributed by atoms with Crippen molar-refractivity contribution >= 4 is 17.2 Å². The molecule has 2 aliphatic carbocycles. The number of hydrogen-bond donors (Lipinski definition) is 0. The van der Waals surface area contributed by atoms with Gasteiger partial charge in [-0.05, 0) is 56.4 Å². The van der Waals surface area contributed by atoms with Crippen molar-refractivity contribution in [1.29, 1.82) is 0 Å². The van der Waals surface area contributed by atoms with Crippen LogP contribution in [0.2, 0.25) is 5.15 Å². The van der Waals surface area contributed by atoms with E-state index in [1.54, 1.807) is 0 Å². The Morgan fingerprint density at radius 1 is 1.15 bits per heavy atom. The van der Waals surface area contributed by atoms with Crippen molar-refractivity contribution in [1.82, 2.24) is 19.8 Å². The standard InChI is InChI=1S/C15H19ClN4/c1-8-9(2)15-18-17-13(20(15)19-14(8)16)7-12-6-10-3-4-11(12)5-10/h10-12H,3-7H2,1-2H3. The van der Waals surface area contributed by atoms with Crippen molar-refractivity contribution in [2.45, 2.75) is 46.0 Å². The van der Waals surface area contributed by atoms with Gasteiger partial charge >= 0.3 is 0 Å². The van der Waals surface area contributed by atoms with Crippen LogP contribution in [0.4, 0.5) is 0 Å². The van der Waals surface area contributed by atoms with Crippen molar-refractivity contribution in [2.24, 2.45) is 17.8 Å². The number of fused-ring (bicyclic) bond motifs is 3. The van der Waals surface area contributed by atoms with Crippen molar-refractivity contribution in [3.05, 3.63) is 22.1 Å². The fraction of sp³-hybridized carbons (Fsp3) is 0.667. The van der Waals surface area contributed by atoms with E-state index in [2.05, 4.69) is 15.3 Å². The van der Waals surface area contributed by atoms with E-state index in [1.807, 2.05) is 18.4 Å². The first-order chi connectivity index (χ1) is 9.63.